The third-order valence-electron chi connectivity index (χ3n) is 3.30. The average Bonchev–Trinajstić information content (AvgIpc) is 3.15. The maximum atomic E-state index is 5.97. The Morgan fingerprint density at radius 1 is 1.24 bits per heavy atom. The summed E-state index contributed by atoms with van der Waals surface area (Å²) in [5, 5.41) is 3.47. The smallest absolute Gasteiger partial charge is 0.137 e. The van der Waals surface area contributed by atoms with E-state index in [-0.39, 0.29) is 6.04 Å². The minimum Gasteiger partial charge on any atom is -0.341 e. The van der Waals surface area contributed by atoms with E-state index < -0.39 is 0 Å². The molecule has 1 atom stereocenters. The molecule has 3 nitrogen and oxygen atoms in total. The van der Waals surface area contributed by atoms with E-state index in [1.54, 1.807) is 11.3 Å². The molecule has 2 heterocycles. The van der Waals surface area contributed by atoms with Gasteiger partial charge in [-0.25, -0.2) is 4.98 Å². The van der Waals surface area contributed by atoms with Gasteiger partial charge in [0.1, 0.15) is 5.82 Å². The fourth-order valence-electron chi connectivity index (χ4n) is 2.12. The van der Waals surface area contributed by atoms with Crippen LogP contribution in [-0.4, -0.2) is 9.97 Å². The van der Waals surface area contributed by atoms with Crippen molar-refractivity contribution < 1.29 is 0 Å². The first kappa shape index (κ1) is 14.3. The standard InChI is InChI=1S/C16H16ClN3S/c1-11(14-7-8-15(17)21-14)18-9-13-10-19-16(20-13)12-5-3-2-4-6-12/h2-8,10-11,18H,9H2,1H3,(H,19,20)/t11-/m1/s1. The van der Waals surface area contributed by atoms with Gasteiger partial charge in [-0.1, -0.05) is 41.9 Å². The van der Waals surface area contributed by atoms with Crippen LogP contribution in [-0.2, 0) is 6.54 Å². The van der Waals surface area contributed by atoms with Crippen molar-refractivity contribution in [2.24, 2.45) is 0 Å². The Labute approximate surface area is 133 Å². The highest BCUT2D eigenvalue weighted by Crippen LogP contribution is 2.26. The number of H-pyrrole nitrogens is 1. The molecule has 0 aliphatic rings. The zero-order chi connectivity index (χ0) is 14.7. The number of benzene rings is 1. The molecule has 21 heavy (non-hydrogen) atoms. The van der Waals surface area contributed by atoms with Crippen LogP contribution in [0, 0.1) is 0 Å². The lowest BCUT2D eigenvalue weighted by Crippen LogP contribution is -2.17. The van der Waals surface area contributed by atoms with Gasteiger partial charge in [-0.3, -0.25) is 0 Å². The minimum absolute atomic E-state index is 0.269. The van der Waals surface area contributed by atoms with Gasteiger partial charge in [-0.2, -0.15) is 0 Å². The zero-order valence-electron chi connectivity index (χ0n) is 11.6. The summed E-state index contributed by atoms with van der Waals surface area (Å²) in [5.41, 5.74) is 2.17. The number of hydrogen-bond donors (Lipinski definition) is 2. The lowest BCUT2D eigenvalue weighted by molar-refractivity contribution is 0.577. The van der Waals surface area contributed by atoms with E-state index in [0.29, 0.717) is 0 Å². The lowest BCUT2D eigenvalue weighted by Gasteiger charge is -2.10. The summed E-state index contributed by atoms with van der Waals surface area (Å²) in [6, 6.07) is 14.4. The van der Waals surface area contributed by atoms with Crippen LogP contribution in [0.4, 0.5) is 0 Å². The number of imidazole rings is 1. The topological polar surface area (TPSA) is 40.7 Å². The third-order valence-corrected chi connectivity index (χ3v) is 4.71. The van der Waals surface area contributed by atoms with E-state index in [4.69, 9.17) is 11.6 Å². The molecule has 0 bridgehead atoms. The molecular formula is C16H16ClN3S. The van der Waals surface area contributed by atoms with Crippen molar-refractivity contribution >= 4 is 22.9 Å². The Kier molecular flexibility index (Phi) is 4.39. The van der Waals surface area contributed by atoms with Gasteiger partial charge in [-0.05, 0) is 19.1 Å². The average molecular weight is 318 g/mol. The molecule has 2 N–H and O–H groups in total. The van der Waals surface area contributed by atoms with Crippen molar-refractivity contribution in [3.63, 3.8) is 0 Å². The van der Waals surface area contributed by atoms with Crippen LogP contribution >= 0.6 is 22.9 Å². The van der Waals surface area contributed by atoms with E-state index in [9.17, 15) is 0 Å². The number of aromatic nitrogens is 2. The molecule has 2 aromatic heterocycles. The molecule has 0 saturated heterocycles. The summed E-state index contributed by atoms with van der Waals surface area (Å²) in [7, 11) is 0. The number of aromatic amines is 1. The Bertz CT molecular complexity index is 705. The van der Waals surface area contributed by atoms with Crippen molar-refractivity contribution in [1.29, 1.82) is 0 Å². The van der Waals surface area contributed by atoms with Crippen LogP contribution in [0.2, 0.25) is 4.34 Å². The van der Waals surface area contributed by atoms with Gasteiger partial charge in [0.15, 0.2) is 0 Å². The Morgan fingerprint density at radius 2 is 2.05 bits per heavy atom. The lowest BCUT2D eigenvalue weighted by atomic mass is 10.2. The predicted molar refractivity (Wildman–Crippen MR) is 88.6 cm³/mol. The summed E-state index contributed by atoms with van der Waals surface area (Å²) < 4.78 is 0.826. The summed E-state index contributed by atoms with van der Waals surface area (Å²) in [5.74, 6) is 0.902. The molecule has 0 aliphatic heterocycles. The minimum atomic E-state index is 0.269. The maximum absolute atomic E-state index is 5.97. The monoisotopic (exact) mass is 317 g/mol. The largest absolute Gasteiger partial charge is 0.341 e. The van der Waals surface area contributed by atoms with Crippen LogP contribution in [0.5, 0.6) is 0 Å². The summed E-state index contributed by atoms with van der Waals surface area (Å²) in [6.45, 7) is 2.88. The first-order chi connectivity index (χ1) is 10.2. The molecule has 0 saturated carbocycles. The van der Waals surface area contributed by atoms with E-state index in [1.165, 1.54) is 4.88 Å². The highest BCUT2D eigenvalue weighted by molar-refractivity contribution is 7.16. The van der Waals surface area contributed by atoms with Crippen LogP contribution in [0.25, 0.3) is 11.4 Å². The van der Waals surface area contributed by atoms with Crippen molar-refractivity contribution in [1.82, 2.24) is 15.3 Å². The normalized spacial score (nSPS) is 12.5. The van der Waals surface area contributed by atoms with Crippen molar-refractivity contribution in [3.8, 4) is 11.4 Å². The first-order valence-corrected chi connectivity index (χ1v) is 8.00. The van der Waals surface area contributed by atoms with Crippen molar-refractivity contribution in [2.75, 3.05) is 0 Å². The van der Waals surface area contributed by atoms with Gasteiger partial charge < -0.3 is 10.3 Å². The van der Waals surface area contributed by atoms with E-state index in [2.05, 4.69) is 28.3 Å². The molecular weight excluding hydrogens is 302 g/mol. The number of hydrogen-bond acceptors (Lipinski definition) is 3. The van der Waals surface area contributed by atoms with E-state index in [1.807, 2.05) is 42.6 Å². The highest BCUT2D eigenvalue weighted by Gasteiger charge is 2.09. The molecule has 0 amide bonds. The Morgan fingerprint density at radius 3 is 2.76 bits per heavy atom. The Hall–Kier alpha value is -1.62. The van der Waals surface area contributed by atoms with Crippen molar-refractivity contribution in [3.05, 3.63) is 63.6 Å². The molecule has 0 fully saturated rings. The number of rotatable bonds is 5. The molecule has 0 spiro atoms. The number of nitrogens with zero attached hydrogens (tertiary/aromatic N) is 1. The molecule has 3 rings (SSSR count). The number of halogens is 1. The number of nitrogens with one attached hydrogen (secondary N) is 2. The van der Waals surface area contributed by atoms with Gasteiger partial charge in [0.2, 0.25) is 0 Å². The van der Waals surface area contributed by atoms with E-state index >= 15 is 0 Å². The summed E-state index contributed by atoms with van der Waals surface area (Å²) in [4.78, 5) is 9.01. The van der Waals surface area contributed by atoms with Crippen LogP contribution < -0.4 is 5.32 Å². The maximum Gasteiger partial charge on any atom is 0.137 e. The quantitative estimate of drug-likeness (QED) is 0.719. The summed E-state index contributed by atoms with van der Waals surface area (Å²) >= 11 is 7.58. The second kappa shape index (κ2) is 6.43. The second-order valence-electron chi connectivity index (χ2n) is 4.87. The van der Waals surface area contributed by atoms with Gasteiger partial charge >= 0.3 is 0 Å². The molecule has 5 heteroatoms. The fraction of sp³-hybridized carbons (Fsp3) is 0.188. The van der Waals surface area contributed by atoms with Crippen LogP contribution in [0.15, 0.2) is 48.7 Å². The molecule has 0 unspecified atom stereocenters. The molecule has 1 aromatic carbocycles. The van der Waals surface area contributed by atoms with Crippen LogP contribution in [0.3, 0.4) is 0 Å². The van der Waals surface area contributed by atoms with Gasteiger partial charge in [0.25, 0.3) is 0 Å². The van der Waals surface area contributed by atoms with Crippen LogP contribution in [0.1, 0.15) is 23.5 Å². The molecule has 108 valence electrons. The SMILES string of the molecule is C[C@@H](NCc1cnc(-c2ccccc2)[nH]1)c1ccc(Cl)s1. The molecule has 0 aliphatic carbocycles. The molecule has 0 radical (unpaired) electrons. The highest BCUT2D eigenvalue weighted by atomic mass is 35.5. The fourth-order valence-corrected chi connectivity index (χ4v) is 3.20. The molecule has 3 aromatic rings. The predicted octanol–water partition coefficient (Wildman–Crippen LogP) is 4.64. The van der Waals surface area contributed by atoms with Gasteiger partial charge in [0.05, 0.1) is 4.34 Å². The van der Waals surface area contributed by atoms with Gasteiger partial charge in [-0.15, -0.1) is 11.3 Å². The van der Waals surface area contributed by atoms with Crippen molar-refractivity contribution in [2.45, 2.75) is 19.5 Å². The van der Waals surface area contributed by atoms with Gasteiger partial charge in [0, 0.05) is 34.9 Å². The zero-order valence-corrected chi connectivity index (χ0v) is 13.2. The Balaban J connectivity index is 1.63. The first-order valence-electron chi connectivity index (χ1n) is 6.80. The van der Waals surface area contributed by atoms with E-state index in [0.717, 1.165) is 28.0 Å². The third kappa shape index (κ3) is 3.53. The summed E-state index contributed by atoms with van der Waals surface area (Å²) in [6.07, 6.45) is 1.88. The number of thiophene rings is 1. The second-order valence-corrected chi connectivity index (χ2v) is 6.61.